The van der Waals surface area contributed by atoms with Crippen LogP contribution in [0.15, 0.2) is 59.0 Å². The first-order chi connectivity index (χ1) is 13.3. The molecular formula is C20H17N3O4. The Hall–Kier alpha value is -3.03. The number of amides is 1. The van der Waals surface area contributed by atoms with E-state index in [1.807, 2.05) is 54.6 Å². The van der Waals surface area contributed by atoms with Gasteiger partial charge in [0.05, 0.1) is 18.9 Å². The van der Waals surface area contributed by atoms with E-state index in [1.165, 1.54) is 0 Å². The molecule has 0 radical (unpaired) electrons. The van der Waals surface area contributed by atoms with Gasteiger partial charge in [-0.2, -0.15) is 0 Å². The number of carbonyl (C=O) groups is 1. The van der Waals surface area contributed by atoms with Gasteiger partial charge in [-0.1, -0.05) is 36.4 Å². The lowest BCUT2D eigenvalue weighted by Crippen LogP contribution is -2.47. The largest absolute Gasteiger partial charge is 0.419 e. The zero-order chi connectivity index (χ0) is 18.3. The second kappa shape index (κ2) is 6.29. The molecule has 1 aromatic heterocycles. The molecule has 2 aromatic carbocycles. The Kier molecular flexibility index (Phi) is 3.77. The van der Waals surface area contributed by atoms with Crippen molar-refractivity contribution >= 4 is 11.6 Å². The molecule has 7 nitrogen and oxygen atoms in total. The third-order valence-corrected chi connectivity index (χ3v) is 4.76. The first kappa shape index (κ1) is 16.2. The molecule has 3 heterocycles. The van der Waals surface area contributed by atoms with Gasteiger partial charge >= 0.3 is 0 Å². The van der Waals surface area contributed by atoms with Crippen LogP contribution in [0.5, 0.6) is 0 Å². The standard InChI is InChI=1S/C20H17N3O4/c24-19-20(25-11-6-12-26-20)15-9-4-5-10-16(15)23(19)13-17-21-22-18(27-17)14-7-2-1-3-8-14/h1-5,7-10H,6,11-13H2. The number of benzene rings is 2. The number of carbonyl (C=O) groups excluding carboxylic acids is 1. The van der Waals surface area contributed by atoms with Gasteiger partial charge in [-0.25, -0.2) is 0 Å². The summed E-state index contributed by atoms with van der Waals surface area (Å²) < 4.78 is 17.4. The van der Waals surface area contributed by atoms with Gasteiger partial charge in [0.15, 0.2) is 0 Å². The lowest BCUT2D eigenvalue weighted by atomic mass is 10.1. The molecule has 5 rings (SSSR count). The predicted octanol–water partition coefficient (Wildman–Crippen LogP) is 2.87. The maximum Gasteiger partial charge on any atom is 0.293 e. The Bertz CT molecular complexity index is 980. The fraction of sp³-hybridized carbons (Fsp3) is 0.250. The van der Waals surface area contributed by atoms with E-state index in [0.29, 0.717) is 25.0 Å². The molecule has 7 heteroatoms. The Morgan fingerprint density at radius 2 is 1.70 bits per heavy atom. The molecular weight excluding hydrogens is 346 g/mol. The van der Waals surface area contributed by atoms with Crippen LogP contribution in [0.25, 0.3) is 11.5 Å². The van der Waals surface area contributed by atoms with E-state index in [2.05, 4.69) is 10.2 Å². The maximum atomic E-state index is 13.2. The minimum Gasteiger partial charge on any atom is -0.419 e. The van der Waals surface area contributed by atoms with Gasteiger partial charge in [-0.15, -0.1) is 10.2 Å². The monoisotopic (exact) mass is 363 g/mol. The molecule has 0 aliphatic carbocycles. The number of hydrogen-bond donors (Lipinski definition) is 0. The average Bonchev–Trinajstić information content (AvgIpc) is 3.28. The third kappa shape index (κ3) is 2.55. The molecule has 2 aliphatic heterocycles. The van der Waals surface area contributed by atoms with E-state index < -0.39 is 5.79 Å². The van der Waals surface area contributed by atoms with Crippen LogP contribution in [-0.2, 0) is 26.6 Å². The molecule has 0 saturated carbocycles. The highest BCUT2D eigenvalue weighted by Crippen LogP contribution is 2.45. The summed E-state index contributed by atoms with van der Waals surface area (Å²) in [6, 6.07) is 17.0. The van der Waals surface area contributed by atoms with Gasteiger partial charge < -0.3 is 13.9 Å². The Morgan fingerprint density at radius 3 is 2.52 bits per heavy atom. The quantitative estimate of drug-likeness (QED) is 0.712. The van der Waals surface area contributed by atoms with Crippen LogP contribution in [0.3, 0.4) is 0 Å². The predicted molar refractivity (Wildman–Crippen MR) is 95.6 cm³/mol. The van der Waals surface area contributed by atoms with Crippen molar-refractivity contribution in [2.75, 3.05) is 18.1 Å². The lowest BCUT2D eigenvalue weighted by Gasteiger charge is -2.32. The Labute approximate surface area is 155 Å². The van der Waals surface area contributed by atoms with Crippen LogP contribution < -0.4 is 4.90 Å². The van der Waals surface area contributed by atoms with E-state index in [1.54, 1.807) is 4.90 Å². The van der Waals surface area contributed by atoms with Crippen LogP contribution in [0.2, 0.25) is 0 Å². The lowest BCUT2D eigenvalue weighted by molar-refractivity contribution is -0.256. The maximum absolute atomic E-state index is 13.2. The van der Waals surface area contributed by atoms with E-state index in [9.17, 15) is 4.79 Å². The summed E-state index contributed by atoms with van der Waals surface area (Å²) in [5, 5.41) is 8.20. The summed E-state index contributed by atoms with van der Waals surface area (Å²) in [6.45, 7) is 1.11. The van der Waals surface area contributed by atoms with Gasteiger partial charge in [-0.05, 0) is 24.6 Å². The zero-order valence-electron chi connectivity index (χ0n) is 14.5. The van der Waals surface area contributed by atoms with Crippen molar-refractivity contribution in [1.82, 2.24) is 10.2 Å². The molecule has 27 heavy (non-hydrogen) atoms. The number of nitrogens with zero attached hydrogens (tertiary/aromatic N) is 3. The average molecular weight is 363 g/mol. The Morgan fingerprint density at radius 1 is 0.963 bits per heavy atom. The summed E-state index contributed by atoms with van der Waals surface area (Å²) in [5.74, 6) is -0.852. The number of hydrogen-bond acceptors (Lipinski definition) is 6. The number of aromatic nitrogens is 2. The number of rotatable bonds is 3. The van der Waals surface area contributed by atoms with Crippen LogP contribution in [-0.4, -0.2) is 29.3 Å². The highest BCUT2D eigenvalue weighted by Gasteiger charge is 2.55. The number of ether oxygens (including phenoxy) is 2. The summed E-state index contributed by atoms with van der Waals surface area (Å²) in [4.78, 5) is 14.8. The molecule has 0 bridgehead atoms. The number of para-hydroxylation sites is 1. The van der Waals surface area contributed by atoms with E-state index in [-0.39, 0.29) is 12.5 Å². The molecule has 3 aromatic rings. The number of anilines is 1. The Balaban J connectivity index is 1.47. The first-order valence-electron chi connectivity index (χ1n) is 8.85. The second-order valence-electron chi connectivity index (χ2n) is 6.44. The molecule has 0 N–H and O–H groups in total. The van der Waals surface area contributed by atoms with Crippen molar-refractivity contribution in [2.24, 2.45) is 0 Å². The molecule has 0 atom stereocenters. The summed E-state index contributed by atoms with van der Waals surface area (Å²) >= 11 is 0. The summed E-state index contributed by atoms with van der Waals surface area (Å²) in [5.41, 5.74) is 2.29. The van der Waals surface area contributed by atoms with Crippen molar-refractivity contribution in [3.8, 4) is 11.5 Å². The van der Waals surface area contributed by atoms with Crippen LogP contribution in [0, 0.1) is 0 Å². The van der Waals surface area contributed by atoms with Crippen molar-refractivity contribution in [3.05, 3.63) is 66.1 Å². The minimum atomic E-state index is -1.36. The molecule has 1 amide bonds. The molecule has 0 unspecified atom stereocenters. The molecule has 2 aliphatic rings. The van der Waals surface area contributed by atoms with Crippen LogP contribution >= 0.6 is 0 Å². The SMILES string of the molecule is O=C1N(Cc2nnc(-c3ccccc3)o2)c2ccccc2C12OCCCO2. The van der Waals surface area contributed by atoms with Gasteiger partial charge in [0.1, 0.15) is 6.54 Å². The third-order valence-electron chi connectivity index (χ3n) is 4.76. The fourth-order valence-corrected chi connectivity index (χ4v) is 3.51. The topological polar surface area (TPSA) is 77.7 Å². The van der Waals surface area contributed by atoms with Crippen molar-refractivity contribution in [3.63, 3.8) is 0 Å². The smallest absolute Gasteiger partial charge is 0.293 e. The van der Waals surface area contributed by atoms with Crippen molar-refractivity contribution in [2.45, 2.75) is 18.8 Å². The second-order valence-corrected chi connectivity index (χ2v) is 6.44. The van der Waals surface area contributed by atoms with Crippen LogP contribution in [0.4, 0.5) is 5.69 Å². The van der Waals surface area contributed by atoms with Gasteiger partial charge in [0, 0.05) is 11.1 Å². The zero-order valence-corrected chi connectivity index (χ0v) is 14.5. The van der Waals surface area contributed by atoms with E-state index in [4.69, 9.17) is 13.9 Å². The fourth-order valence-electron chi connectivity index (χ4n) is 3.51. The molecule has 1 spiro atoms. The first-order valence-corrected chi connectivity index (χ1v) is 8.85. The van der Waals surface area contributed by atoms with Crippen molar-refractivity contribution < 1.29 is 18.7 Å². The number of fused-ring (bicyclic) bond motifs is 2. The van der Waals surface area contributed by atoms with Crippen LogP contribution in [0.1, 0.15) is 17.9 Å². The van der Waals surface area contributed by atoms with Gasteiger partial charge in [0.2, 0.25) is 11.8 Å². The van der Waals surface area contributed by atoms with Gasteiger partial charge in [0.25, 0.3) is 11.7 Å². The normalized spacial score (nSPS) is 18.1. The highest BCUT2D eigenvalue weighted by molar-refractivity contribution is 6.05. The van der Waals surface area contributed by atoms with E-state index >= 15 is 0 Å². The van der Waals surface area contributed by atoms with Gasteiger partial charge in [-0.3, -0.25) is 9.69 Å². The summed E-state index contributed by atoms with van der Waals surface area (Å²) in [7, 11) is 0. The highest BCUT2D eigenvalue weighted by atomic mass is 16.7. The molecule has 136 valence electrons. The molecule has 1 fully saturated rings. The van der Waals surface area contributed by atoms with E-state index in [0.717, 1.165) is 23.2 Å². The van der Waals surface area contributed by atoms with Crippen molar-refractivity contribution in [1.29, 1.82) is 0 Å². The molecule has 1 saturated heterocycles. The summed E-state index contributed by atoms with van der Waals surface area (Å²) in [6.07, 6.45) is 0.765. The minimum absolute atomic E-state index is 0.157.